The Hall–Kier alpha value is -2.12. The van der Waals surface area contributed by atoms with Crippen LogP contribution in [0.3, 0.4) is 0 Å². The fourth-order valence-electron chi connectivity index (χ4n) is 3.06. The van der Waals surface area contributed by atoms with E-state index >= 15 is 0 Å². The molecule has 21 heavy (non-hydrogen) atoms. The summed E-state index contributed by atoms with van der Waals surface area (Å²) in [6.45, 7) is 0.642. The van der Waals surface area contributed by atoms with E-state index in [1.165, 1.54) is 12.8 Å². The first kappa shape index (κ1) is 13.8. The Morgan fingerprint density at radius 1 is 1.29 bits per heavy atom. The van der Waals surface area contributed by atoms with Gasteiger partial charge in [0.2, 0.25) is 5.88 Å². The van der Waals surface area contributed by atoms with Crippen molar-refractivity contribution < 1.29 is 4.74 Å². The topological polar surface area (TPSA) is 71.9 Å². The Kier molecular flexibility index (Phi) is 4.03. The number of aromatic nitrogens is 1. The predicted molar refractivity (Wildman–Crippen MR) is 81.9 cm³/mol. The summed E-state index contributed by atoms with van der Waals surface area (Å²) in [4.78, 5) is 4.53. The molecule has 1 saturated carbocycles. The van der Waals surface area contributed by atoms with Crippen molar-refractivity contribution in [1.82, 2.24) is 4.98 Å². The van der Waals surface area contributed by atoms with Crippen molar-refractivity contribution in [2.45, 2.75) is 31.8 Å². The van der Waals surface area contributed by atoms with Crippen LogP contribution in [0.25, 0.3) is 10.9 Å². The second-order valence-corrected chi connectivity index (χ2v) is 5.57. The molecule has 1 aromatic heterocycles. The Morgan fingerprint density at radius 3 is 2.90 bits per heavy atom. The number of hydrogen-bond acceptors (Lipinski definition) is 4. The average molecular weight is 281 g/mol. The molecule has 1 fully saturated rings. The van der Waals surface area contributed by atoms with Crippen LogP contribution in [0.1, 0.15) is 31.2 Å². The first-order valence-electron chi connectivity index (χ1n) is 7.48. The molecule has 108 valence electrons. The molecule has 4 heteroatoms. The number of nitriles is 1. The lowest BCUT2D eigenvalue weighted by Crippen LogP contribution is -2.35. The van der Waals surface area contributed by atoms with Gasteiger partial charge in [0.15, 0.2) is 0 Å². The van der Waals surface area contributed by atoms with Gasteiger partial charge in [0, 0.05) is 17.4 Å². The molecule has 4 nitrogen and oxygen atoms in total. The van der Waals surface area contributed by atoms with E-state index in [0.717, 1.165) is 23.7 Å². The van der Waals surface area contributed by atoms with Crippen LogP contribution in [0.15, 0.2) is 30.3 Å². The molecular formula is C17H19N3O. The van der Waals surface area contributed by atoms with Crippen LogP contribution in [0.2, 0.25) is 0 Å². The second-order valence-electron chi connectivity index (χ2n) is 5.57. The zero-order valence-electron chi connectivity index (χ0n) is 12.0. The van der Waals surface area contributed by atoms with Crippen LogP contribution >= 0.6 is 0 Å². The van der Waals surface area contributed by atoms with E-state index in [-0.39, 0.29) is 6.10 Å². The third-order valence-electron chi connectivity index (χ3n) is 4.23. The number of pyridine rings is 1. The molecule has 1 heterocycles. The third kappa shape index (κ3) is 2.84. The molecule has 0 spiro atoms. The van der Waals surface area contributed by atoms with Crippen LogP contribution < -0.4 is 10.5 Å². The molecule has 0 bridgehead atoms. The highest BCUT2D eigenvalue weighted by atomic mass is 16.5. The van der Waals surface area contributed by atoms with Crippen LogP contribution in [0.5, 0.6) is 5.88 Å². The highest BCUT2D eigenvalue weighted by Gasteiger charge is 2.26. The molecule has 0 aliphatic heterocycles. The summed E-state index contributed by atoms with van der Waals surface area (Å²) >= 11 is 0. The largest absolute Gasteiger partial charge is 0.474 e. The van der Waals surface area contributed by atoms with Gasteiger partial charge in [-0.1, -0.05) is 24.6 Å². The van der Waals surface area contributed by atoms with Gasteiger partial charge in [-0.05, 0) is 31.9 Å². The van der Waals surface area contributed by atoms with Crippen molar-refractivity contribution in [3.63, 3.8) is 0 Å². The molecule has 1 aliphatic carbocycles. The van der Waals surface area contributed by atoms with Gasteiger partial charge < -0.3 is 10.5 Å². The monoisotopic (exact) mass is 281 g/mol. The third-order valence-corrected chi connectivity index (χ3v) is 4.23. The van der Waals surface area contributed by atoms with E-state index in [9.17, 15) is 5.26 Å². The molecule has 1 aromatic carbocycles. The van der Waals surface area contributed by atoms with E-state index in [2.05, 4.69) is 11.1 Å². The molecule has 2 unspecified atom stereocenters. The number of benzene rings is 1. The van der Waals surface area contributed by atoms with Crippen molar-refractivity contribution in [1.29, 1.82) is 5.26 Å². The van der Waals surface area contributed by atoms with Crippen molar-refractivity contribution in [2.75, 3.05) is 6.54 Å². The number of para-hydroxylation sites is 1. The van der Waals surface area contributed by atoms with Crippen molar-refractivity contribution >= 4 is 10.9 Å². The first-order valence-corrected chi connectivity index (χ1v) is 7.48. The Morgan fingerprint density at radius 2 is 2.10 bits per heavy atom. The number of nitrogens with zero attached hydrogens (tertiary/aromatic N) is 2. The van der Waals surface area contributed by atoms with Gasteiger partial charge in [-0.25, -0.2) is 4.98 Å². The van der Waals surface area contributed by atoms with Crippen molar-refractivity contribution in [2.24, 2.45) is 11.7 Å². The SMILES string of the molecule is N#Cc1cc(OC2CCCCC2CN)nc2ccccc12. The zero-order chi connectivity index (χ0) is 14.7. The molecular weight excluding hydrogens is 262 g/mol. The molecule has 2 atom stereocenters. The van der Waals surface area contributed by atoms with Gasteiger partial charge in [-0.3, -0.25) is 0 Å². The summed E-state index contributed by atoms with van der Waals surface area (Å²) in [5.41, 5.74) is 7.25. The van der Waals surface area contributed by atoms with Crippen molar-refractivity contribution in [3.8, 4) is 11.9 Å². The molecule has 3 rings (SSSR count). The van der Waals surface area contributed by atoms with Crippen LogP contribution in [0.4, 0.5) is 0 Å². The maximum atomic E-state index is 9.31. The fourth-order valence-corrected chi connectivity index (χ4v) is 3.06. The number of rotatable bonds is 3. The maximum Gasteiger partial charge on any atom is 0.215 e. The molecule has 1 aliphatic rings. The van der Waals surface area contributed by atoms with Gasteiger partial charge in [-0.2, -0.15) is 5.26 Å². The average Bonchev–Trinajstić information content (AvgIpc) is 2.54. The lowest BCUT2D eigenvalue weighted by atomic mass is 9.86. The Balaban J connectivity index is 1.92. The molecule has 2 N–H and O–H groups in total. The number of ether oxygens (including phenoxy) is 1. The van der Waals surface area contributed by atoms with Gasteiger partial charge in [0.25, 0.3) is 0 Å². The summed E-state index contributed by atoms with van der Waals surface area (Å²) in [6, 6.07) is 11.6. The van der Waals surface area contributed by atoms with Crippen LogP contribution in [-0.2, 0) is 0 Å². The smallest absolute Gasteiger partial charge is 0.215 e. The normalized spacial score (nSPS) is 21.9. The quantitative estimate of drug-likeness (QED) is 0.938. The second kappa shape index (κ2) is 6.11. The summed E-state index contributed by atoms with van der Waals surface area (Å²) in [7, 11) is 0. The van der Waals surface area contributed by atoms with Crippen LogP contribution in [-0.4, -0.2) is 17.6 Å². The summed E-state index contributed by atoms with van der Waals surface area (Å²) < 4.78 is 6.07. The summed E-state index contributed by atoms with van der Waals surface area (Å²) in [6.07, 6.45) is 4.62. The van der Waals surface area contributed by atoms with E-state index < -0.39 is 0 Å². The highest BCUT2D eigenvalue weighted by Crippen LogP contribution is 2.29. The minimum atomic E-state index is 0.115. The van der Waals surface area contributed by atoms with Crippen molar-refractivity contribution in [3.05, 3.63) is 35.9 Å². The van der Waals surface area contributed by atoms with Gasteiger partial charge in [0.1, 0.15) is 12.2 Å². The maximum absolute atomic E-state index is 9.31. The van der Waals surface area contributed by atoms with Crippen LogP contribution in [0, 0.1) is 17.2 Å². The highest BCUT2D eigenvalue weighted by molar-refractivity contribution is 5.85. The molecule has 0 amide bonds. The van der Waals surface area contributed by atoms with Gasteiger partial charge >= 0.3 is 0 Å². The number of fused-ring (bicyclic) bond motifs is 1. The number of hydrogen-bond donors (Lipinski definition) is 1. The fraction of sp³-hybridized carbons (Fsp3) is 0.412. The minimum Gasteiger partial charge on any atom is -0.474 e. The van der Waals surface area contributed by atoms with E-state index in [1.807, 2.05) is 24.3 Å². The van der Waals surface area contributed by atoms with E-state index in [1.54, 1.807) is 6.07 Å². The number of nitrogens with two attached hydrogens (primary N) is 1. The Bertz CT molecular complexity index is 677. The zero-order valence-corrected chi connectivity index (χ0v) is 12.0. The summed E-state index contributed by atoms with van der Waals surface area (Å²) in [5, 5.41) is 10.2. The first-order chi connectivity index (χ1) is 10.3. The van der Waals surface area contributed by atoms with Gasteiger partial charge in [0.05, 0.1) is 11.1 Å². The lowest BCUT2D eigenvalue weighted by Gasteiger charge is -2.30. The van der Waals surface area contributed by atoms with Gasteiger partial charge in [-0.15, -0.1) is 0 Å². The molecule has 0 saturated heterocycles. The molecule has 0 radical (unpaired) electrons. The summed E-state index contributed by atoms with van der Waals surface area (Å²) in [5.74, 6) is 0.924. The Labute approximate surface area is 124 Å². The predicted octanol–water partition coefficient (Wildman–Crippen LogP) is 3.00. The molecule has 2 aromatic rings. The lowest BCUT2D eigenvalue weighted by molar-refractivity contribution is 0.0926. The minimum absolute atomic E-state index is 0.115. The standard InChI is InChI=1S/C17H19N3O/c18-10-12-5-1-4-8-16(12)21-17-9-13(11-19)14-6-2-3-7-15(14)20-17/h2-3,6-7,9,12,16H,1,4-5,8,10,18H2. The van der Waals surface area contributed by atoms with E-state index in [4.69, 9.17) is 10.5 Å². The van der Waals surface area contributed by atoms with E-state index in [0.29, 0.717) is 23.9 Å².